The van der Waals surface area contributed by atoms with Gasteiger partial charge in [0.15, 0.2) is 0 Å². The average Bonchev–Trinajstić information content (AvgIpc) is 3.09. The van der Waals surface area contributed by atoms with Crippen LogP contribution in [0.25, 0.3) is 0 Å². The fourth-order valence-corrected chi connectivity index (χ4v) is 4.38. The number of anilines is 1. The molecule has 1 N–H and O–H groups in total. The molecule has 2 fully saturated rings. The molecular formula is C17H16BrNO4. The summed E-state index contributed by atoms with van der Waals surface area (Å²) in [6.45, 7) is 3.42. The van der Waals surface area contributed by atoms with Crippen LogP contribution in [-0.2, 0) is 14.3 Å². The number of ether oxygens (including phenoxy) is 1. The highest BCUT2D eigenvalue weighted by atomic mass is 79.9. The molecule has 1 aromatic rings. The van der Waals surface area contributed by atoms with Gasteiger partial charge < -0.3 is 9.84 Å². The van der Waals surface area contributed by atoms with Gasteiger partial charge in [-0.2, -0.15) is 0 Å². The van der Waals surface area contributed by atoms with E-state index in [-0.39, 0.29) is 18.4 Å². The van der Waals surface area contributed by atoms with Crippen LogP contribution < -0.4 is 4.90 Å². The lowest BCUT2D eigenvalue weighted by atomic mass is 9.73. The van der Waals surface area contributed by atoms with E-state index in [2.05, 4.69) is 15.9 Å². The smallest absolute Gasteiger partial charge is 0.241 e. The Balaban J connectivity index is 1.81. The summed E-state index contributed by atoms with van der Waals surface area (Å²) >= 11 is 3.44. The minimum atomic E-state index is -1.08. The largest absolute Gasteiger partial charge is 0.393 e. The number of hydrogen-bond donors (Lipinski definition) is 1. The van der Waals surface area contributed by atoms with Crippen LogP contribution in [0.1, 0.15) is 12.5 Å². The molecule has 0 aliphatic carbocycles. The van der Waals surface area contributed by atoms with E-state index in [4.69, 9.17) is 4.74 Å². The third kappa shape index (κ3) is 1.74. The lowest BCUT2D eigenvalue weighted by molar-refractivity contribution is -0.131. The maximum Gasteiger partial charge on any atom is 0.241 e. The number of nitrogens with zero attached hydrogens (tertiary/aromatic N) is 1. The van der Waals surface area contributed by atoms with E-state index in [0.29, 0.717) is 5.69 Å². The van der Waals surface area contributed by atoms with Crippen LogP contribution in [0.2, 0.25) is 0 Å². The van der Waals surface area contributed by atoms with E-state index in [1.165, 1.54) is 4.90 Å². The second-order valence-electron chi connectivity index (χ2n) is 6.63. The van der Waals surface area contributed by atoms with Crippen molar-refractivity contribution in [1.82, 2.24) is 0 Å². The highest BCUT2D eigenvalue weighted by Crippen LogP contribution is 2.57. The molecule has 2 bridgehead atoms. The molecule has 0 saturated carbocycles. The number of imide groups is 1. The summed E-state index contributed by atoms with van der Waals surface area (Å²) in [7, 11) is 0. The number of amides is 2. The van der Waals surface area contributed by atoms with E-state index in [0.717, 1.165) is 10.0 Å². The van der Waals surface area contributed by atoms with Crippen molar-refractivity contribution in [2.24, 2.45) is 11.8 Å². The summed E-state index contributed by atoms with van der Waals surface area (Å²) in [5, 5.41) is 9.78. The van der Waals surface area contributed by atoms with Crippen molar-refractivity contribution in [3.05, 3.63) is 40.4 Å². The van der Waals surface area contributed by atoms with Crippen molar-refractivity contribution >= 4 is 33.4 Å². The first-order valence-electron chi connectivity index (χ1n) is 7.48. The second-order valence-corrected chi connectivity index (χ2v) is 7.49. The van der Waals surface area contributed by atoms with Crippen molar-refractivity contribution in [2.75, 3.05) is 11.5 Å². The Labute approximate surface area is 142 Å². The van der Waals surface area contributed by atoms with Gasteiger partial charge in [-0.3, -0.25) is 9.59 Å². The van der Waals surface area contributed by atoms with E-state index in [9.17, 15) is 14.7 Å². The van der Waals surface area contributed by atoms with Crippen LogP contribution in [-0.4, -0.2) is 34.7 Å². The SMILES string of the molecule is Cc1ccc(N2C(=O)[C@H]3[C@H](C2=O)[C@@]2(CO)C=C[C@@]3(C)O2)cc1Br. The molecular weight excluding hydrogens is 362 g/mol. The van der Waals surface area contributed by atoms with Gasteiger partial charge in [-0.25, -0.2) is 4.90 Å². The lowest BCUT2D eigenvalue weighted by Gasteiger charge is -2.27. The number of aliphatic hydroxyl groups excluding tert-OH is 1. The summed E-state index contributed by atoms with van der Waals surface area (Å²) in [6, 6.07) is 5.40. The van der Waals surface area contributed by atoms with Gasteiger partial charge in [0.25, 0.3) is 0 Å². The van der Waals surface area contributed by atoms with Crippen LogP contribution >= 0.6 is 15.9 Å². The van der Waals surface area contributed by atoms with Crippen LogP contribution in [0.5, 0.6) is 0 Å². The van der Waals surface area contributed by atoms with Crippen LogP contribution in [0.3, 0.4) is 0 Å². The van der Waals surface area contributed by atoms with Crippen molar-refractivity contribution in [3.8, 4) is 0 Å². The van der Waals surface area contributed by atoms with E-state index in [1.54, 1.807) is 31.2 Å². The second kappa shape index (κ2) is 4.53. The first-order chi connectivity index (χ1) is 10.8. The minimum Gasteiger partial charge on any atom is -0.393 e. The van der Waals surface area contributed by atoms with E-state index < -0.39 is 23.0 Å². The third-order valence-corrected chi connectivity index (χ3v) is 6.07. The molecule has 0 radical (unpaired) electrons. The maximum atomic E-state index is 13.0. The molecule has 6 heteroatoms. The van der Waals surface area contributed by atoms with Gasteiger partial charge in [0.05, 0.1) is 29.7 Å². The zero-order chi connectivity index (χ0) is 16.6. The molecule has 1 aromatic carbocycles. The normalized spacial score (nSPS) is 37.8. The highest BCUT2D eigenvalue weighted by Gasteiger charge is 2.72. The minimum absolute atomic E-state index is 0.266. The summed E-state index contributed by atoms with van der Waals surface area (Å²) in [5.41, 5.74) is -0.348. The van der Waals surface area contributed by atoms with E-state index >= 15 is 0 Å². The molecule has 4 atom stereocenters. The Kier molecular flexibility index (Phi) is 2.96. The van der Waals surface area contributed by atoms with Crippen LogP contribution in [0.15, 0.2) is 34.8 Å². The molecule has 3 aliphatic rings. The zero-order valence-electron chi connectivity index (χ0n) is 12.7. The average molecular weight is 378 g/mol. The van der Waals surface area contributed by atoms with Crippen molar-refractivity contribution in [3.63, 3.8) is 0 Å². The number of aryl methyl sites for hydroxylation is 1. The molecule has 23 heavy (non-hydrogen) atoms. The predicted octanol–water partition coefficient (Wildman–Crippen LogP) is 1.95. The number of hydrogen-bond acceptors (Lipinski definition) is 4. The summed E-state index contributed by atoms with van der Waals surface area (Å²) in [4.78, 5) is 27.1. The molecule has 3 heterocycles. The Morgan fingerprint density at radius 3 is 2.61 bits per heavy atom. The summed E-state index contributed by atoms with van der Waals surface area (Å²) in [6.07, 6.45) is 3.53. The summed E-state index contributed by atoms with van der Waals surface area (Å²) < 4.78 is 6.73. The van der Waals surface area contributed by atoms with Crippen LogP contribution in [0.4, 0.5) is 5.69 Å². The van der Waals surface area contributed by atoms with Gasteiger partial charge in [-0.05, 0) is 31.5 Å². The Morgan fingerprint density at radius 2 is 1.96 bits per heavy atom. The van der Waals surface area contributed by atoms with Crippen molar-refractivity contribution < 1.29 is 19.4 Å². The molecule has 0 aromatic heterocycles. The quantitative estimate of drug-likeness (QED) is 0.631. The van der Waals surface area contributed by atoms with Gasteiger partial charge in [0.2, 0.25) is 11.8 Å². The van der Waals surface area contributed by atoms with E-state index in [1.807, 2.05) is 13.0 Å². The molecule has 120 valence electrons. The molecule has 4 rings (SSSR count). The number of carbonyl (C=O) groups is 2. The predicted molar refractivity (Wildman–Crippen MR) is 86.8 cm³/mol. The van der Waals surface area contributed by atoms with Gasteiger partial charge >= 0.3 is 0 Å². The number of aliphatic hydroxyl groups is 1. The monoisotopic (exact) mass is 377 g/mol. The molecule has 3 aliphatic heterocycles. The Hall–Kier alpha value is -1.50. The molecule has 2 saturated heterocycles. The number of halogens is 1. The Bertz CT molecular complexity index is 776. The standard InChI is InChI=1S/C17H16BrNO4/c1-9-3-4-10(7-11(9)18)19-14(21)12-13(15(19)22)17(8-20)6-5-16(12,2)23-17/h3-7,12-13,20H,8H2,1-2H3/t12-,13-,16-,17+/m1/s1. The highest BCUT2D eigenvalue weighted by molar-refractivity contribution is 9.10. The first kappa shape index (κ1) is 15.1. The molecule has 5 nitrogen and oxygen atoms in total. The fourth-order valence-electron chi connectivity index (χ4n) is 4.02. The topological polar surface area (TPSA) is 66.8 Å². The zero-order valence-corrected chi connectivity index (χ0v) is 14.3. The molecule has 0 unspecified atom stereocenters. The maximum absolute atomic E-state index is 13.0. The molecule has 2 amide bonds. The van der Waals surface area contributed by atoms with Crippen LogP contribution in [0, 0.1) is 18.8 Å². The third-order valence-electron chi connectivity index (χ3n) is 5.22. The van der Waals surface area contributed by atoms with Crippen molar-refractivity contribution in [1.29, 1.82) is 0 Å². The van der Waals surface area contributed by atoms with Gasteiger partial charge in [-0.15, -0.1) is 0 Å². The van der Waals surface area contributed by atoms with Gasteiger partial charge in [0.1, 0.15) is 5.60 Å². The fraction of sp³-hybridized carbons (Fsp3) is 0.412. The van der Waals surface area contributed by atoms with Crippen molar-refractivity contribution in [2.45, 2.75) is 25.0 Å². The van der Waals surface area contributed by atoms with Gasteiger partial charge in [0, 0.05) is 4.47 Å². The number of fused-ring (bicyclic) bond motifs is 5. The van der Waals surface area contributed by atoms with Gasteiger partial charge in [-0.1, -0.05) is 34.1 Å². The first-order valence-corrected chi connectivity index (χ1v) is 8.28. The molecule has 0 spiro atoms. The number of carbonyl (C=O) groups excluding carboxylic acids is 2. The number of benzene rings is 1. The lowest BCUT2D eigenvalue weighted by Crippen LogP contribution is -2.43. The Morgan fingerprint density at radius 1 is 1.26 bits per heavy atom. The number of rotatable bonds is 2. The summed E-state index contributed by atoms with van der Waals surface area (Å²) in [5.74, 6) is -1.84.